The summed E-state index contributed by atoms with van der Waals surface area (Å²) < 4.78 is 18.0. The molecule has 0 aliphatic carbocycles. The van der Waals surface area contributed by atoms with Gasteiger partial charge in [0.15, 0.2) is 0 Å². The Morgan fingerprint density at radius 2 is 2.06 bits per heavy atom. The molecule has 0 aliphatic rings. The monoisotopic (exact) mass is 268 g/mol. The number of halogens is 2. The molecule has 0 bridgehead atoms. The summed E-state index contributed by atoms with van der Waals surface area (Å²) in [4.78, 5) is 11.6. The molecule has 0 amide bonds. The molecule has 7 heteroatoms. The topological polar surface area (TPSA) is 59.9 Å². The second-order valence-corrected chi connectivity index (χ2v) is 3.84. The summed E-state index contributed by atoms with van der Waals surface area (Å²) in [6.07, 6.45) is 0. The Kier molecular flexibility index (Phi) is 3.57. The van der Waals surface area contributed by atoms with Crippen molar-refractivity contribution in [2.24, 2.45) is 0 Å². The van der Waals surface area contributed by atoms with E-state index < -0.39 is 0 Å². The molecule has 0 saturated heterocycles. The van der Waals surface area contributed by atoms with Crippen LogP contribution in [0.5, 0.6) is 6.01 Å². The van der Waals surface area contributed by atoms with Crippen LogP contribution in [-0.4, -0.2) is 22.1 Å². The van der Waals surface area contributed by atoms with Gasteiger partial charge in [0.05, 0.1) is 7.11 Å². The zero-order valence-electron chi connectivity index (χ0n) is 9.74. The molecule has 0 aliphatic heterocycles. The zero-order chi connectivity index (χ0) is 13.1. The third-order valence-electron chi connectivity index (χ3n) is 2.18. The quantitative estimate of drug-likeness (QED) is 0.927. The molecule has 5 nitrogen and oxygen atoms in total. The van der Waals surface area contributed by atoms with Gasteiger partial charge in [-0.3, -0.25) is 0 Å². The molecular weight excluding hydrogens is 259 g/mol. The van der Waals surface area contributed by atoms with Gasteiger partial charge in [-0.25, -0.2) is 4.39 Å². The minimum absolute atomic E-state index is 0.0168. The highest BCUT2D eigenvalue weighted by atomic mass is 35.5. The van der Waals surface area contributed by atoms with Gasteiger partial charge in [-0.1, -0.05) is 0 Å². The molecule has 0 saturated carbocycles. The number of nitrogens with zero attached hydrogens (tertiary/aromatic N) is 3. The zero-order valence-corrected chi connectivity index (χ0v) is 10.5. The van der Waals surface area contributed by atoms with E-state index in [9.17, 15) is 4.39 Å². The average molecular weight is 269 g/mol. The fraction of sp³-hybridized carbons (Fsp3) is 0.182. The van der Waals surface area contributed by atoms with Crippen LogP contribution in [-0.2, 0) is 0 Å². The fourth-order valence-corrected chi connectivity index (χ4v) is 1.48. The van der Waals surface area contributed by atoms with Crippen LogP contribution < -0.4 is 10.1 Å². The normalized spacial score (nSPS) is 10.2. The van der Waals surface area contributed by atoms with Crippen molar-refractivity contribution in [3.8, 4) is 6.01 Å². The van der Waals surface area contributed by atoms with Crippen LogP contribution in [0.2, 0.25) is 5.28 Å². The number of aromatic nitrogens is 3. The van der Waals surface area contributed by atoms with Crippen molar-refractivity contribution in [2.75, 3.05) is 12.4 Å². The molecule has 0 spiro atoms. The number of anilines is 2. The van der Waals surface area contributed by atoms with Crippen LogP contribution in [0, 0.1) is 12.7 Å². The van der Waals surface area contributed by atoms with Gasteiger partial charge in [0.25, 0.3) is 0 Å². The van der Waals surface area contributed by atoms with E-state index in [-0.39, 0.29) is 23.1 Å². The molecule has 1 heterocycles. The largest absolute Gasteiger partial charge is 0.467 e. The molecule has 0 fully saturated rings. The van der Waals surface area contributed by atoms with E-state index in [0.717, 1.165) is 0 Å². The lowest BCUT2D eigenvalue weighted by molar-refractivity contribution is 0.379. The predicted molar refractivity (Wildman–Crippen MR) is 65.8 cm³/mol. The highest BCUT2D eigenvalue weighted by Crippen LogP contribution is 2.18. The first kappa shape index (κ1) is 12.5. The first-order chi connectivity index (χ1) is 8.58. The third kappa shape index (κ3) is 2.84. The van der Waals surface area contributed by atoms with Crippen molar-refractivity contribution in [1.29, 1.82) is 0 Å². The van der Waals surface area contributed by atoms with E-state index in [2.05, 4.69) is 20.3 Å². The van der Waals surface area contributed by atoms with Crippen LogP contribution in [0.15, 0.2) is 18.2 Å². The lowest BCUT2D eigenvalue weighted by atomic mass is 10.2. The summed E-state index contributed by atoms with van der Waals surface area (Å²) in [5.74, 6) is -0.0373. The van der Waals surface area contributed by atoms with Gasteiger partial charge in [0, 0.05) is 5.69 Å². The number of nitrogens with one attached hydrogen (secondary N) is 1. The smallest absolute Gasteiger partial charge is 0.322 e. The van der Waals surface area contributed by atoms with Gasteiger partial charge < -0.3 is 10.1 Å². The van der Waals surface area contributed by atoms with Crippen molar-refractivity contribution in [3.63, 3.8) is 0 Å². The number of benzene rings is 1. The van der Waals surface area contributed by atoms with Gasteiger partial charge in [-0.15, -0.1) is 0 Å². The van der Waals surface area contributed by atoms with Gasteiger partial charge in [0.1, 0.15) is 5.82 Å². The lowest BCUT2D eigenvalue weighted by Crippen LogP contribution is -2.02. The highest BCUT2D eigenvalue weighted by Gasteiger charge is 2.06. The highest BCUT2D eigenvalue weighted by molar-refractivity contribution is 6.28. The second kappa shape index (κ2) is 5.14. The van der Waals surface area contributed by atoms with Crippen molar-refractivity contribution in [2.45, 2.75) is 6.92 Å². The van der Waals surface area contributed by atoms with Crippen LogP contribution in [0.4, 0.5) is 16.0 Å². The van der Waals surface area contributed by atoms with E-state index in [1.165, 1.54) is 13.2 Å². The van der Waals surface area contributed by atoms with E-state index in [1.807, 2.05) is 0 Å². The summed E-state index contributed by atoms with van der Waals surface area (Å²) in [6.45, 7) is 1.67. The molecule has 1 N–H and O–H groups in total. The van der Waals surface area contributed by atoms with E-state index >= 15 is 0 Å². The number of aryl methyl sites for hydroxylation is 1. The Morgan fingerprint density at radius 1 is 1.28 bits per heavy atom. The minimum atomic E-state index is -0.271. The van der Waals surface area contributed by atoms with Gasteiger partial charge in [-0.05, 0) is 42.3 Å². The molecule has 0 atom stereocenters. The maximum Gasteiger partial charge on any atom is 0.322 e. The number of hydrogen-bond acceptors (Lipinski definition) is 5. The Labute approximate surface area is 108 Å². The minimum Gasteiger partial charge on any atom is -0.467 e. The molecule has 1 aromatic heterocycles. The molecule has 2 rings (SSSR count). The van der Waals surface area contributed by atoms with Gasteiger partial charge >= 0.3 is 6.01 Å². The average Bonchev–Trinajstić information content (AvgIpc) is 2.33. The van der Waals surface area contributed by atoms with Crippen molar-refractivity contribution >= 4 is 23.2 Å². The first-order valence-electron chi connectivity index (χ1n) is 5.07. The standard InChI is InChI=1S/C11H10ClFN4O/c1-6-5-7(3-4-8(6)13)14-10-15-9(12)16-11(17-10)18-2/h3-5H,1-2H3,(H,14,15,16,17). The summed E-state index contributed by atoms with van der Waals surface area (Å²) in [6, 6.07) is 4.68. The summed E-state index contributed by atoms with van der Waals surface area (Å²) in [5, 5.41) is 2.91. The summed E-state index contributed by atoms with van der Waals surface area (Å²) >= 11 is 5.71. The molecule has 18 heavy (non-hydrogen) atoms. The maximum absolute atomic E-state index is 13.1. The van der Waals surface area contributed by atoms with Crippen molar-refractivity contribution in [1.82, 2.24) is 15.0 Å². The van der Waals surface area contributed by atoms with Crippen LogP contribution >= 0.6 is 11.6 Å². The number of hydrogen-bond donors (Lipinski definition) is 1. The lowest BCUT2D eigenvalue weighted by Gasteiger charge is -2.07. The molecule has 2 aromatic rings. The fourth-order valence-electron chi connectivity index (χ4n) is 1.33. The van der Waals surface area contributed by atoms with Gasteiger partial charge in [-0.2, -0.15) is 15.0 Å². The van der Waals surface area contributed by atoms with E-state index in [1.54, 1.807) is 19.1 Å². The number of methoxy groups -OCH3 is 1. The van der Waals surface area contributed by atoms with E-state index in [4.69, 9.17) is 16.3 Å². The molecule has 1 aromatic carbocycles. The Balaban J connectivity index is 2.27. The Morgan fingerprint density at radius 3 is 2.72 bits per heavy atom. The van der Waals surface area contributed by atoms with Crippen LogP contribution in [0.3, 0.4) is 0 Å². The van der Waals surface area contributed by atoms with E-state index in [0.29, 0.717) is 11.3 Å². The summed E-state index contributed by atoms with van der Waals surface area (Å²) in [5.41, 5.74) is 1.17. The Hall–Kier alpha value is -1.95. The molecular formula is C11H10ClFN4O. The predicted octanol–water partition coefficient (Wildman–Crippen LogP) is 2.72. The van der Waals surface area contributed by atoms with Crippen LogP contribution in [0.25, 0.3) is 0 Å². The van der Waals surface area contributed by atoms with Crippen molar-refractivity contribution < 1.29 is 9.13 Å². The molecule has 94 valence electrons. The third-order valence-corrected chi connectivity index (χ3v) is 2.35. The number of ether oxygens (including phenoxy) is 1. The molecule has 0 radical (unpaired) electrons. The Bertz CT molecular complexity index is 579. The van der Waals surface area contributed by atoms with Crippen molar-refractivity contribution in [3.05, 3.63) is 34.9 Å². The molecule has 0 unspecified atom stereocenters. The second-order valence-electron chi connectivity index (χ2n) is 3.50. The maximum atomic E-state index is 13.1. The first-order valence-corrected chi connectivity index (χ1v) is 5.45. The number of rotatable bonds is 3. The SMILES string of the molecule is COc1nc(Cl)nc(Nc2ccc(F)c(C)c2)n1. The van der Waals surface area contributed by atoms with Crippen LogP contribution in [0.1, 0.15) is 5.56 Å². The van der Waals surface area contributed by atoms with Gasteiger partial charge in [0.2, 0.25) is 11.2 Å². The summed E-state index contributed by atoms with van der Waals surface area (Å²) in [7, 11) is 1.43.